The molecule has 2 unspecified atom stereocenters. The summed E-state index contributed by atoms with van der Waals surface area (Å²) in [6.45, 7) is 0.280. The van der Waals surface area contributed by atoms with Gasteiger partial charge in [-0.05, 0) is 55.7 Å². The molecule has 0 fully saturated rings. The van der Waals surface area contributed by atoms with Crippen LogP contribution < -0.4 is 10.2 Å². The number of carboxylic acids is 2. The van der Waals surface area contributed by atoms with Crippen LogP contribution in [0.5, 0.6) is 0 Å². The molecule has 0 radical (unpaired) electrons. The van der Waals surface area contributed by atoms with Gasteiger partial charge in [0.05, 0.1) is 6.04 Å². The lowest BCUT2D eigenvalue weighted by atomic mass is 9.96. The van der Waals surface area contributed by atoms with Crippen LogP contribution >= 0.6 is 0 Å². The molecule has 0 saturated carbocycles. The average molecular weight is 439 g/mol. The maximum atomic E-state index is 13.5. The van der Waals surface area contributed by atoms with E-state index in [4.69, 9.17) is 5.11 Å². The molecule has 170 valence electrons. The summed E-state index contributed by atoms with van der Waals surface area (Å²) in [4.78, 5) is 38.0. The minimum absolute atomic E-state index is 0.0289. The maximum Gasteiger partial charge on any atom is 0.320 e. The normalized spacial score (nSPS) is 17.2. The SMILES string of the molecule is O=C(O)CCCN1C(=O)C(NC(CCc2ccccc2)C(=O)O)CCCc2ccccc21. The Morgan fingerprint density at radius 2 is 1.78 bits per heavy atom. The highest BCUT2D eigenvalue weighted by Crippen LogP contribution is 2.27. The third-order valence-electron chi connectivity index (χ3n) is 5.82. The lowest BCUT2D eigenvalue weighted by Crippen LogP contribution is -2.53. The molecule has 2 aromatic rings. The molecule has 0 aliphatic carbocycles. The number of carboxylic acid groups (broad SMARTS) is 2. The second-order valence-corrected chi connectivity index (χ2v) is 8.14. The van der Waals surface area contributed by atoms with E-state index in [9.17, 15) is 19.5 Å². The topological polar surface area (TPSA) is 107 Å². The van der Waals surface area contributed by atoms with Gasteiger partial charge in [0.15, 0.2) is 0 Å². The largest absolute Gasteiger partial charge is 0.481 e. The molecular weight excluding hydrogens is 408 g/mol. The first-order chi connectivity index (χ1) is 15.5. The fourth-order valence-corrected chi connectivity index (χ4v) is 4.16. The number of aliphatic carboxylic acids is 2. The molecule has 2 aromatic carbocycles. The van der Waals surface area contributed by atoms with Gasteiger partial charge in [0.2, 0.25) is 5.91 Å². The van der Waals surface area contributed by atoms with Crippen molar-refractivity contribution in [3.8, 4) is 0 Å². The molecule has 7 nitrogen and oxygen atoms in total. The van der Waals surface area contributed by atoms with Gasteiger partial charge in [-0.15, -0.1) is 0 Å². The number of anilines is 1. The van der Waals surface area contributed by atoms with Gasteiger partial charge in [-0.2, -0.15) is 0 Å². The number of fused-ring (bicyclic) bond motifs is 1. The molecule has 1 aliphatic heterocycles. The number of nitrogens with zero attached hydrogens (tertiary/aromatic N) is 1. The van der Waals surface area contributed by atoms with Gasteiger partial charge in [-0.1, -0.05) is 48.5 Å². The number of carbonyl (C=O) groups excluding carboxylic acids is 1. The van der Waals surface area contributed by atoms with Crippen molar-refractivity contribution in [2.75, 3.05) is 11.4 Å². The number of hydrogen-bond acceptors (Lipinski definition) is 4. The Bertz CT molecular complexity index is 931. The first-order valence-corrected chi connectivity index (χ1v) is 11.1. The van der Waals surface area contributed by atoms with Crippen molar-refractivity contribution in [1.29, 1.82) is 0 Å². The van der Waals surface area contributed by atoms with Crippen LogP contribution in [-0.2, 0) is 27.2 Å². The molecule has 3 N–H and O–H groups in total. The predicted octanol–water partition coefficient (Wildman–Crippen LogP) is 3.26. The van der Waals surface area contributed by atoms with E-state index in [1.807, 2.05) is 54.6 Å². The highest BCUT2D eigenvalue weighted by atomic mass is 16.4. The highest BCUT2D eigenvalue weighted by molar-refractivity contribution is 5.98. The quantitative estimate of drug-likeness (QED) is 0.526. The van der Waals surface area contributed by atoms with E-state index < -0.39 is 24.0 Å². The fourth-order valence-electron chi connectivity index (χ4n) is 4.16. The van der Waals surface area contributed by atoms with Crippen LogP contribution in [0.1, 0.15) is 43.2 Å². The van der Waals surface area contributed by atoms with E-state index in [-0.39, 0.29) is 18.9 Å². The van der Waals surface area contributed by atoms with Crippen molar-refractivity contribution in [3.63, 3.8) is 0 Å². The lowest BCUT2D eigenvalue weighted by molar-refractivity contribution is -0.140. The van der Waals surface area contributed by atoms with Gasteiger partial charge in [0, 0.05) is 18.7 Å². The number of benzene rings is 2. The summed E-state index contributed by atoms with van der Waals surface area (Å²) >= 11 is 0. The molecule has 0 aromatic heterocycles. The summed E-state index contributed by atoms with van der Waals surface area (Å²) in [7, 11) is 0. The smallest absolute Gasteiger partial charge is 0.320 e. The van der Waals surface area contributed by atoms with Gasteiger partial charge in [0.1, 0.15) is 6.04 Å². The molecule has 0 spiro atoms. The van der Waals surface area contributed by atoms with Gasteiger partial charge in [0.25, 0.3) is 0 Å². The average Bonchev–Trinajstić information content (AvgIpc) is 2.78. The second-order valence-electron chi connectivity index (χ2n) is 8.14. The van der Waals surface area contributed by atoms with Crippen LogP contribution in [0, 0.1) is 0 Å². The van der Waals surface area contributed by atoms with Gasteiger partial charge in [-0.25, -0.2) is 0 Å². The maximum absolute atomic E-state index is 13.5. The summed E-state index contributed by atoms with van der Waals surface area (Å²) in [5, 5.41) is 21.9. The van der Waals surface area contributed by atoms with Gasteiger partial charge < -0.3 is 15.1 Å². The summed E-state index contributed by atoms with van der Waals surface area (Å²) in [6.07, 6.45) is 3.33. The van der Waals surface area contributed by atoms with Gasteiger partial charge in [-0.3, -0.25) is 19.7 Å². The Morgan fingerprint density at radius 3 is 2.50 bits per heavy atom. The highest BCUT2D eigenvalue weighted by Gasteiger charge is 2.32. The molecule has 2 atom stereocenters. The Balaban J connectivity index is 1.76. The molecule has 3 rings (SSSR count). The standard InChI is InChI=1S/C25H30N2O5/c28-23(29)14-7-17-27-22-13-5-4-10-19(22)11-6-12-20(24(27)30)26-21(25(31)32)16-15-18-8-2-1-3-9-18/h1-5,8-10,13,20-21,26H,6-7,11-12,14-17H2,(H,28,29)(H,31,32). The van der Waals surface area contributed by atoms with Crippen molar-refractivity contribution in [2.24, 2.45) is 0 Å². The molecule has 1 heterocycles. The lowest BCUT2D eigenvalue weighted by Gasteiger charge is -2.33. The van der Waals surface area contributed by atoms with Crippen LogP contribution in [-0.4, -0.2) is 46.7 Å². The number of aryl methyl sites for hydroxylation is 2. The van der Waals surface area contributed by atoms with Crippen molar-refractivity contribution >= 4 is 23.5 Å². The first-order valence-electron chi connectivity index (χ1n) is 11.1. The third kappa shape index (κ3) is 6.40. The zero-order valence-corrected chi connectivity index (χ0v) is 18.1. The van der Waals surface area contributed by atoms with Crippen LogP contribution in [0.4, 0.5) is 5.69 Å². The van der Waals surface area contributed by atoms with E-state index in [1.54, 1.807) is 4.90 Å². The summed E-state index contributed by atoms with van der Waals surface area (Å²) < 4.78 is 0. The van der Waals surface area contributed by atoms with E-state index in [1.165, 1.54) is 0 Å². The molecular formula is C25H30N2O5. The van der Waals surface area contributed by atoms with E-state index in [2.05, 4.69) is 5.32 Å². The van der Waals surface area contributed by atoms with Crippen molar-refractivity contribution in [3.05, 3.63) is 65.7 Å². The van der Waals surface area contributed by atoms with Crippen molar-refractivity contribution in [2.45, 2.75) is 57.0 Å². The zero-order valence-electron chi connectivity index (χ0n) is 18.1. The molecule has 7 heteroatoms. The summed E-state index contributed by atoms with van der Waals surface area (Å²) in [6, 6.07) is 15.8. The molecule has 0 bridgehead atoms. The number of para-hydroxylation sites is 1. The molecule has 0 saturated heterocycles. The van der Waals surface area contributed by atoms with Crippen LogP contribution in [0.2, 0.25) is 0 Å². The van der Waals surface area contributed by atoms with Crippen LogP contribution in [0.15, 0.2) is 54.6 Å². The van der Waals surface area contributed by atoms with E-state index in [0.717, 1.165) is 29.7 Å². The number of amides is 1. The first kappa shape index (κ1) is 23.5. The predicted molar refractivity (Wildman–Crippen MR) is 122 cm³/mol. The Hall–Kier alpha value is -3.19. The number of rotatable bonds is 10. The van der Waals surface area contributed by atoms with Crippen molar-refractivity contribution < 1.29 is 24.6 Å². The Morgan fingerprint density at radius 1 is 1.06 bits per heavy atom. The minimum Gasteiger partial charge on any atom is -0.481 e. The molecule has 1 amide bonds. The van der Waals surface area contributed by atoms with E-state index >= 15 is 0 Å². The van der Waals surface area contributed by atoms with Gasteiger partial charge >= 0.3 is 11.9 Å². The number of nitrogens with one attached hydrogen (secondary N) is 1. The van der Waals surface area contributed by atoms with E-state index in [0.29, 0.717) is 25.7 Å². The van der Waals surface area contributed by atoms with Crippen molar-refractivity contribution in [1.82, 2.24) is 5.32 Å². The Kier molecular flexibility index (Phi) is 8.39. The van der Waals surface area contributed by atoms with Crippen LogP contribution in [0.25, 0.3) is 0 Å². The summed E-state index contributed by atoms with van der Waals surface area (Å²) in [5.74, 6) is -2.08. The number of hydrogen-bond donors (Lipinski definition) is 3. The Labute approximate surface area is 188 Å². The zero-order chi connectivity index (χ0) is 22.9. The molecule has 1 aliphatic rings. The number of carbonyl (C=O) groups is 3. The monoisotopic (exact) mass is 438 g/mol. The summed E-state index contributed by atoms with van der Waals surface area (Å²) in [5.41, 5.74) is 2.88. The second kappa shape index (κ2) is 11.4. The minimum atomic E-state index is -0.978. The third-order valence-corrected chi connectivity index (χ3v) is 5.82. The van der Waals surface area contributed by atoms with Crippen LogP contribution in [0.3, 0.4) is 0 Å². The fraction of sp³-hybridized carbons (Fsp3) is 0.400. The molecule has 32 heavy (non-hydrogen) atoms.